The van der Waals surface area contributed by atoms with Gasteiger partial charge in [-0.2, -0.15) is 5.10 Å². The van der Waals surface area contributed by atoms with Gasteiger partial charge in [-0.05, 0) is 32.5 Å². The molecule has 0 aromatic carbocycles. The van der Waals surface area contributed by atoms with E-state index < -0.39 is 0 Å². The molecule has 1 saturated heterocycles. The second-order valence-corrected chi connectivity index (χ2v) is 5.16. The minimum absolute atomic E-state index is 0.765. The van der Waals surface area contributed by atoms with Crippen molar-refractivity contribution in [1.82, 2.24) is 19.6 Å². The lowest BCUT2D eigenvalue weighted by Gasteiger charge is -2.21. The van der Waals surface area contributed by atoms with Gasteiger partial charge in [0.1, 0.15) is 0 Å². The first kappa shape index (κ1) is 13.5. The molecule has 102 valence electrons. The number of nitrogens with two attached hydrogens (primary N) is 1. The van der Waals surface area contributed by atoms with Crippen LogP contribution in [0.2, 0.25) is 0 Å². The van der Waals surface area contributed by atoms with Crippen LogP contribution in [0.5, 0.6) is 0 Å². The summed E-state index contributed by atoms with van der Waals surface area (Å²) in [6, 6.07) is 2.18. The summed E-state index contributed by atoms with van der Waals surface area (Å²) in [5.74, 6) is 0. The lowest BCUT2D eigenvalue weighted by molar-refractivity contribution is 0.250. The second kappa shape index (κ2) is 6.31. The standard InChI is InChI=1S/C13H25N5/c1-12-10-13(16(2)15-12)11-18-6-3-5-17(7-4-14)8-9-18/h10H,3-9,11,14H2,1-2H3. The molecule has 0 amide bonds. The Morgan fingerprint density at radius 3 is 2.61 bits per heavy atom. The molecule has 5 heteroatoms. The highest BCUT2D eigenvalue weighted by molar-refractivity contribution is 5.08. The third-order valence-corrected chi connectivity index (χ3v) is 3.61. The monoisotopic (exact) mass is 251 g/mol. The van der Waals surface area contributed by atoms with Gasteiger partial charge >= 0.3 is 0 Å². The maximum absolute atomic E-state index is 5.62. The molecule has 2 N–H and O–H groups in total. The van der Waals surface area contributed by atoms with Gasteiger partial charge in [0, 0.05) is 39.8 Å². The van der Waals surface area contributed by atoms with E-state index in [0.717, 1.165) is 38.4 Å². The molecule has 2 rings (SSSR count). The summed E-state index contributed by atoms with van der Waals surface area (Å²) in [5.41, 5.74) is 8.03. The Hall–Kier alpha value is -0.910. The van der Waals surface area contributed by atoms with Crippen molar-refractivity contribution in [3.63, 3.8) is 0 Å². The third-order valence-electron chi connectivity index (χ3n) is 3.61. The van der Waals surface area contributed by atoms with Crippen LogP contribution in [0.4, 0.5) is 0 Å². The molecule has 0 bridgehead atoms. The highest BCUT2D eigenvalue weighted by Gasteiger charge is 2.15. The van der Waals surface area contributed by atoms with Gasteiger partial charge < -0.3 is 10.6 Å². The van der Waals surface area contributed by atoms with Gasteiger partial charge in [0.25, 0.3) is 0 Å². The molecule has 1 aromatic rings. The topological polar surface area (TPSA) is 50.3 Å². The van der Waals surface area contributed by atoms with Crippen LogP contribution in [0.1, 0.15) is 17.8 Å². The first-order chi connectivity index (χ1) is 8.69. The zero-order valence-corrected chi connectivity index (χ0v) is 11.6. The molecule has 0 radical (unpaired) electrons. The summed E-state index contributed by atoms with van der Waals surface area (Å²) in [5, 5.41) is 4.41. The Labute approximate surface area is 110 Å². The Bertz CT molecular complexity index is 373. The number of nitrogens with zero attached hydrogens (tertiary/aromatic N) is 4. The molecule has 0 saturated carbocycles. The maximum Gasteiger partial charge on any atom is 0.0597 e. The fourth-order valence-corrected chi connectivity index (χ4v) is 2.63. The Kier molecular flexibility index (Phi) is 4.74. The van der Waals surface area contributed by atoms with Gasteiger partial charge in [0.2, 0.25) is 0 Å². The van der Waals surface area contributed by atoms with Crippen LogP contribution in [0.25, 0.3) is 0 Å². The molecule has 1 aliphatic rings. The van der Waals surface area contributed by atoms with Crippen LogP contribution < -0.4 is 5.73 Å². The fourth-order valence-electron chi connectivity index (χ4n) is 2.63. The molecule has 1 aromatic heterocycles. The van der Waals surface area contributed by atoms with E-state index in [1.54, 1.807) is 0 Å². The van der Waals surface area contributed by atoms with E-state index in [0.29, 0.717) is 0 Å². The van der Waals surface area contributed by atoms with E-state index in [-0.39, 0.29) is 0 Å². The van der Waals surface area contributed by atoms with Crippen molar-refractivity contribution in [3.8, 4) is 0 Å². The largest absolute Gasteiger partial charge is 0.329 e. The van der Waals surface area contributed by atoms with Crippen LogP contribution in [-0.4, -0.2) is 58.8 Å². The highest BCUT2D eigenvalue weighted by atomic mass is 15.3. The Balaban J connectivity index is 1.88. The van der Waals surface area contributed by atoms with Gasteiger partial charge in [-0.25, -0.2) is 0 Å². The minimum Gasteiger partial charge on any atom is -0.329 e. The van der Waals surface area contributed by atoms with Gasteiger partial charge in [-0.1, -0.05) is 0 Å². The molecule has 18 heavy (non-hydrogen) atoms. The fraction of sp³-hybridized carbons (Fsp3) is 0.769. The molecule has 1 fully saturated rings. The van der Waals surface area contributed by atoms with Crippen molar-refractivity contribution in [2.24, 2.45) is 12.8 Å². The van der Waals surface area contributed by atoms with E-state index in [4.69, 9.17) is 5.73 Å². The average molecular weight is 251 g/mol. The molecule has 0 atom stereocenters. The summed E-state index contributed by atoms with van der Waals surface area (Å²) in [6.07, 6.45) is 1.23. The van der Waals surface area contributed by atoms with Crippen molar-refractivity contribution in [3.05, 3.63) is 17.5 Å². The zero-order valence-electron chi connectivity index (χ0n) is 11.6. The van der Waals surface area contributed by atoms with Gasteiger partial charge in [-0.15, -0.1) is 0 Å². The van der Waals surface area contributed by atoms with Crippen molar-refractivity contribution >= 4 is 0 Å². The number of hydrogen-bond acceptors (Lipinski definition) is 4. The van der Waals surface area contributed by atoms with Crippen molar-refractivity contribution in [2.75, 3.05) is 39.3 Å². The summed E-state index contributed by atoms with van der Waals surface area (Å²) >= 11 is 0. The van der Waals surface area contributed by atoms with Gasteiger partial charge in [0.15, 0.2) is 0 Å². The first-order valence-corrected chi connectivity index (χ1v) is 6.83. The second-order valence-electron chi connectivity index (χ2n) is 5.16. The number of hydrogen-bond donors (Lipinski definition) is 1. The number of aryl methyl sites for hydroxylation is 2. The zero-order chi connectivity index (χ0) is 13.0. The minimum atomic E-state index is 0.765. The summed E-state index contributed by atoms with van der Waals surface area (Å²) < 4.78 is 2.00. The first-order valence-electron chi connectivity index (χ1n) is 6.83. The molecular weight excluding hydrogens is 226 g/mol. The quantitative estimate of drug-likeness (QED) is 0.830. The van der Waals surface area contributed by atoms with E-state index in [9.17, 15) is 0 Å². The van der Waals surface area contributed by atoms with E-state index in [1.807, 2.05) is 11.7 Å². The van der Waals surface area contributed by atoms with Crippen molar-refractivity contribution in [2.45, 2.75) is 19.9 Å². The smallest absolute Gasteiger partial charge is 0.0597 e. The van der Waals surface area contributed by atoms with Gasteiger partial charge in [-0.3, -0.25) is 9.58 Å². The average Bonchev–Trinajstić information content (AvgIpc) is 2.52. The normalized spacial score (nSPS) is 19.1. The van der Waals surface area contributed by atoms with Crippen molar-refractivity contribution < 1.29 is 0 Å². The Morgan fingerprint density at radius 2 is 1.94 bits per heavy atom. The van der Waals surface area contributed by atoms with Crippen LogP contribution in [0, 0.1) is 6.92 Å². The highest BCUT2D eigenvalue weighted by Crippen LogP contribution is 2.09. The van der Waals surface area contributed by atoms with Crippen LogP contribution >= 0.6 is 0 Å². The summed E-state index contributed by atoms with van der Waals surface area (Å²) in [7, 11) is 2.03. The summed E-state index contributed by atoms with van der Waals surface area (Å²) in [6.45, 7) is 9.46. The van der Waals surface area contributed by atoms with Crippen LogP contribution in [0.15, 0.2) is 6.07 Å². The van der Waals surface area contributed by atoms with Crippen molar-refractivity contribution in [1.29, 1.82) is 0 Å². The van der Waals surface area contributed by atoms with Gasteiger partial charge in [0.05, 0.1) is 11.4 Å². The summed E-state index contributed by atoms with van der Waals surface area (Å²) in [4.78, 5) is 4.99. The molecule has 2 heterocycles. The van der Waals surface area contributed by atoms with Crippen LogP contribution in [0.3, 0.4) is 0 Å². The molecule has 0 unspecified atom stereocenters. The molecule has 1 aliphatic heterocycles. The van der Waals surface area contributed by atoms with E-state index in [2.05, 4.69) is 27.9 Å². The lowest BCUT2D eigenvalue weighted by atomic mass is 10.3. The predicted molar refractivity (Wildman–Crippen MR) is 73.3 cm³/mol. The molecule has 5 nitrogen and oxygen atoms in total. The van der Waals surface area contributed by atoms with Crippen LogP contribution in [-0.2, 0) is 13.6 Å². The Morgan fingerprint density at radius 1 is 1.22 bits per heavy atom. The van der Waals surface area contributed by atoms with E-state index in [1.165, 1.54) is 25.2 Å². The molecule has 0 aliphatic carbocycles. The molecule has 0 spiro atoms. The maximum atomic E-state index is 5.62. The predicted octanol–water partition coefficient (Wildman–Crippen LogP) is 0.195. The van der Waals surface area contributed by atoms with E-state index >= 15 is 0 Å². The number of rotatable bonds is 4. The SMILES string of the molecule is Cc1cc(CN2CCCN(CCN)CC2)n(C)n1. The molecular formula is C13H25N5. The number of aromatic nitrogens is 2. The third kappa shape index (κ3) is 3.54. The lowest BCUT2D eigenvalue weighted by Crippen LogP contribution is -2.33.